The lowest BCUT2D eigenvalue weighted by atomic mass is 10.0. The molecule has 1 aromatic carbocycles. The summed E-state index contributed by atoms with van der Waals surface area (Å²) in [4.78, 5) is 21.4. The Labute approximate surface area is 209 Å². The van der Waals surface area contributed by atoms with Gasteiger partial charge in [0.25, 0.3) is 5.56 Å². The number of nitrogens with two attached hydrogens (primary N) is 1. The Bertz CT molecular complexity index is 1120. The molecule has 0 amide bonds. The van der Waals surface area contributed by atoms with Crippen LogP contribution in [0.1, 0.15) is 18.9 Å². The molecular weight excluding hydrogens is 440 g/mol. The molecule has 3 N–H and O–H groups in total. The van der Waals surface area contributed by atoms with Crippen LogP contribution in [0.15, 0.2) is 64.9 Å². The molecule has 0 aliphatic rings. The van der Waals surface area contributed by atoms with Crippen molar-refractivity contribution in [3.05, 3.63) is 71.1 Å². The maximum atomic E-state index is 12.7. The van der Waals surface area contributed by atoms with E-state index in [-0.39, 0.29) is 5.56 Å². The number of hydrogen-bond donors (Lipinski definition) is 2. The minimum atomic E-state index is -0.172. The average Bonchev–Trinajstić information content (AvgIpc) is 2.83. The number of likely N-dealkylation sites (N-methyl/N-ethyl adjacent to an activating group) is 1. The average molecular weight is 481 g/mol. The fourth-order valence-corrected chi connectivity index (χ4v) is 3.55. The summed E-state index contributed by atoms with van der Waals surface area (Å²) < 4.78 is 6.69. The predicted octanol–water partition coefficient (Wildman–Crippen LogP) is 3.70. The maximum absolute atomic E-state index is 12.7. The van der Waals surface area contributed by atoms with Gasteiger partial charge in [0, 0.05) is 63.5 Å². The number of hydrogen-bond acceptors (Lipinski definition) is 7. The molecule has 1 unspecified atom stereocenters. The number of anilines is 2. The van der Waals surface area contributed by atoms with E-state index >= 15 is 0 Å². The SMILES string of the molecule is C=C(/N=C\C(=C)N(C)CCC(C)N(C)CCOC)Nc1cc(-c2cccc(N)c2C)cn(C)c1=O. The topological polar surface area (TPSA) is 88.1 Å². The summed E-state index contributed by atoms with van der Waals surface area (Å²) in [7, 11) is 7.52. The van der Waals surface area contributed by atoms with Gasteiger partial charge in [-0.25, -0.2) is 4.99 Å². The van der Waals surface area contributed by atoms with E-state index in [0.717, 1.165) is 48.5 Å². The van der Waals surface area contributed by atoms with Crippen LogP contribution in [0.2, 0.25) is 0 Å². The van der Waals surface area contributed by atoms with Crippen LogP contribution >= 0.6 is 0 Å². The molecule has 2 aromatic rings. The highest BCUT2D eigenvalue weighted by Crippen LogP contribution is 2.27. The lowest BCUT2D eigenvalue weighted by Crippen LogP contribution is -2.34. The zero-order valence-electron chi connectivity index (χ0n) is 22.0. The summed E-state index contributed by atoms with van der Waals surface area (Å²) in [5.74, 6) is 0.353. The Morgan fingerprint density at radius 1 is 1.31 bits per heavy atom. The zero-order chi connectivity index (χ0) is 26.1. The first-order valence-electron chi connectivity index (χ1n) is 11.7. The molecule has 190 valence electrons. The van der Waals surface area contributed by atoms with Crippen LogP contribution in [0.4, 0.5) is 11.4 Å². The Kier molecular flexibility index (Phi) is 10.3. The number of aromatic nitrogens is 1. The van der Waals surface area contributed by atoms with Gasteiger partial charge in [0.1, 0.15) is 11.5 Å². The van der Waals surface area contributed by atoms with Gasteiger partial charge in [-0.3, -0.25) is 4.79 Å². The molecule has 0 fully saturated rings. The first-order chi connectivity index (χ1) is 16.5. The molecule has 1 heterocycles. The van der Waals surface area contributed by atoms with Crippen LogP contribution in [0.5, 0.6) is 0 Å². The van der Waals surface area contributed by atoms with Gasteiger partial charge >= 0.3 is 0 Å². The smallest absolute Gasteiger partial charge is 0.274 e. The molecule has 0 aliphatic carbocycles. The number of pyridine rings is 1. The molecule has 0 spiro atoms. The molecule has 8 heteroatoms. The van der Waals surface area contributed by atoms with E-state index in [1.54, 1.807) is 32.6 Å². The second kappa shape index (κ2) is 12.9. The van der Waals surface area contributed by atoms with E-state index in [1.165, 1.54) is 4.57 Å². The number of allylic oxidation sites excluding steroid dienone is 1. The van der Waals surface area contributed by atoms with E-state index in [1.807, 2.05) is 32.2 Å². The molecule has 2 rings (SSSR count). The molecule has 8 nitrogen and oxygen atoms in total. The van der Waals surface area contributed by atoms with Crippen molar-refractivity contribution in [2.75, 3.05) is 52.0 Å². The summed E-state index contributed by atoms with van der Waals surface area (Å²) >= 11 is 0. The van der Waals surface area contributed by atoms with Crippen molar-refractivity contribution >= 4 is 17.6 Å². The van der Waals surface area contributed by atoms with Gasteiger partial charge < -0.3 is 30.2 Å². The van der Waals surface area contributed by atoms with Gasteiger partial charge in [0.05, 0.1) is 12.8 Å². The van der Waals surface area contributed by atoms with Gasteiger partial charge in [-0.15, -0.1) is 0 Å². The quantitative estimate of drug-likeness (QED) is 0.336. The number of methoxy groups -OCH3 is 1. The van der Waals surface area contributed by atoms with Crippen LogP contribution in [-0.2, 0) is 11.8 Å². The fourth-order valence-electron chi connectivity index (χ4n) is 3.55. The monoisotopic (exact) mass is 480 g/mol. The number of nitrogens with zero attached hydrogens (tertiary/aromatic N) is 4. The molecule has 35 heavy (non-hydrogen) atoms. The molecule has 1 aromatic heterocycles. The van der Waals surface area contributed by atoms with Crippen LogP contribution in [0, 0.1) is 6.92 Å². The highest BCUT2D eigenvalue weighted by Gasteiger charge is 2.12. The number of nitrogens with one attached hydrogen (secondary N) is 1. The van der Waals surface area contributed by atoms with Gasteiger partial charge in [-0.2, -0.15) is 0 Å². The summed E-state index contributed by atoms with van der Waals surface area (Å²) in [6, 6.07) is 7.97. The van der Waals surface area contributed by atoms with Gasteiger partial charge in [-0.05, 0) is 50.6 Å². The van der Waals surface area contributed by atoms with E-state index in [2.05, 4.69) is 47.2 Å². The van der Waals surface area contributed by atoms with Gasteiger partial charge in [-0.1, -0.05) is 25.3 Å². The Balaban J connectivity index is 2.03. The van der Waals surface area contributed by atoms with E-state index in [9.17, 15) is 4.79 Å². The molecule has 0 radical (unpaired) electrons. The van der Waals surface area contributed by atoms with Crippen molar-refractivity contribution in [2.45, 2.75) is 26.3 Å². The van der Waals surface area contributed by atoms with Crippen molar-refractivity contribution < 1.29 is 4.74 Å². The second-order valence-electron chi connectivity index (χ2n) is 8.93. The molecule has 0 saturated carbocycles. The standard InChI is InChI=1S/C27H40N6O2/c1-19(32(6)14-15-35-8)12-13-31(5)20(2)17-29-22(4)30-26-16-23(18-33(7)27(26)34)24-10-9-11-25(28)21(24)3/h9-11,16-19,30H,2,4,12-15,28H2,1,3,5-8H3/b29-17-. The van der Waals surface area contributed by atoms with Crippen molar-refractivity contribution in [2.24, 2.45) is 12.0 Å². The van der Waals surface area contributed by atoms with Gasteiger partial charge in [0.15, 0.2) is 0 Å². The minimum absolute atomic E-state index is 0.172. The minimum Gasteiger partial charge on any atom is -0.398 e. The highest BCUT2D eigenvalue weighted by molar-refractivity contribution is 5.78. The van der Waals surface area contributed by atoms with Crippen LogP contribution in [-0.4, -0.2) is 67.5 Å². The van der Waals surface area contributed by atoms with Gasteiger partial charge in [0.2, 0.25) is 0 Å². The molecule has 0 saturated heterocycles. The highest BCUT2D eigenvalue weighted by atomic mass is 16.5. The van der Waals surface area contributed by atoms with Crippen LogP contribution < -0.4 is 16.6 Å². The number of benzene rings is 1. The Hall–Kier alpha value is -3.36. The summed E-state index contributed by atoms with van der Waals surface area (Å²) in [5, 5.41) is 3.04. The van der Waals surface area contributed by atoms with Crippen molar-refractivity contribution in [1.29, 1.82) is 0 Å². The van der Waals surface area contributed by atoms with E-state index in [0.29, 0.717) is 23.2 Å². The maximum Gasteiger partial charge on any atom is 0.274 e. The van der Waals surface area contributed by atoms with Crippen molar-refractivity contribution in [1.82, 2.24) is 14.4 Å². The zero-order valence-corrected chi connectivity index (χ0v) is 22.0. The molecule has 1 atom stereocenters. The molecule has 0 aliphatic heterocycles. The Morgan fingerprint density at radius 3 is 2.71 bits per heavy atom. The number of aryl methyl sites for hydroxylation is 1. The van der Waals surface area contributed by atoms with Crippen molar-refractivity contribution in [3.8, 4) is 11.1 Å². The normalized spacial score (nSPS) is 12.2. The largest absolute Gasteiger partial charge is 0.398 e. The van der Waals surface area contributed by atoms with Crippen LogP contribution in [0.25, 0.3) is 11.1 Å². The lowest BCUT2D eigenvalue weighted by molar-refractivity contribution is 0.137. The van der Waals surface area contributed by atoms with E-state index < -0.39 is 0 Å². The van der Waals surface area contributed by atoms with Crippen molar-refractivity contribution in [3.63, 3.8) is 0 Å². The first-order valence-corrected chi connectivity index (χ1v) is 11.7. The third kappa shape index (κ3) is 7.83. The molecular formula is C27H40N6O2. The number of aliphatic imine (C=N–C) groups is 1. The lowest BCUT2D eigenvalue weighted by Gasteiger charge is -2.27. The summed E-state index contributed by atoms with van der Waals surface area (Å²) in [6.45, 7) is 14.7. The number of rotatable bonds is 13. The second-order valence-corrected chi connectivity index (χ2v) is 8.93. The first kappa shape index (κ1) is 27.9. The number of ether oxygens (including phenoxy) is 1. The summed E-state index contributed by atoms with van der Waals surface area (Å²) in [5.41, 5.74) is 10.6. The fraction of sp³-hybridized carbons (Fsp3) is 0.407. The predicted molar refractivity (Wildman–Crippen MR) is 148 cm³/mol. The third-order valence-corrected chi connectivity index (χ3v) is 6.29. The summed E-state index contributed by atoms with van der Waals surface area (Å²) in [6.07, 6.45) is 4.44. The number of nitrogen functional groups attached to an aromatic ring is 1. The van der Waals surface area contributed by atoms with E-state index in [4.69, 9.17) is 10.5 Å². The third-order valence-electron chi connectivity index (χ3n) is 6.29. The Morgan fingerprint density at radius 2 is 2.03 bits per heavy atom. The van der Waals surface area contributed by atoms with Crippen LogP contribution in [0.3, 0.4) is 0 Å². The molecule has 0 bridgehead atoms.